The average Bonchev–Trinajstić information content (AvgIpc) is 2.05. The number of nitrogens with one attached hydrogen (secondary N) is 1. The molecule has 0 unspecified atom stereocenters. The molecule has 0 saturated heterocycles. The van der Waals surface area contributed by atoms with Crippen molar-refractivity contribution in [2.75, 3.05) is 6.54 Å². The van der Waals surface area contributed by atoms with Gasteiger partial charge in [0.2, 0.25) is 0 Å². The van der Waals surface area contributed by atoms with Gasteiger partial charge in [-0.15, -0.1) is 0 Å². The Kier molecular flexibility index (Phi) is 2.77. The first-order valence-corrected chi connectivity index (χ1v) is 4.24. The minimum Gasteiger partial charge on any atom is -0.739 e. The van der Waals surface area contributed by atoms with Gasteiger partial charge in [0.25, 0.3) is 0 Å². The normalized spacial score (nSPS) is 17.6. The van der Waals surface area contributed by atoms with Crippen LogP contribution in [0.15, 0.2) is 11.9 Å². The topological polar surface area (TPSA) is 58.6 Å². The minimum absolute atomic E-state index is 0.271. The van der Waals surface area contributed by atoms with Gasteiger partial charge >= 0.3 is 6.03 Å². The summed E-state index contributed by atoms with van der Waals surface area (Å²) >= 11 is 0. The molecule has 13 heavy (non-hydrogen) atoms. The Balaban J connectivity index is 2.71. The average molecular weight is 184 g/mol. The fourth-order valence-electron chi connectivity index (χ4n) is 1.07. The zero-order valence-electron chi connectivity index (χ0n) is 8.07. The molecule has 0 aliphatic carbocycles. The Labute approximate surface area is 77.5 Å². The number of urea groups is 1. The zero-order chi connectivity index (χ0) is 10.0. The standard InChI is InChI=1S/C8H14N3O2/c1-6(2)5-10-8(12)9-4-7(3)11(10)13/h4,6H,5H2,1-3H3,(H,9,12)/q-1. The third-order valence-electron chi connectivity index (χ3n) is 1.70. The molecular weight excluding hydrogens is 170 g/mol. The van der Waals surface area contributed by atoms with Gasteiger partial charge < -0.3 is 15.7 Å². The quantitative estimate of drug-likeness (QED) is 0.702. The number of carbonyl (C=O) groups excluding carboxylic acids is 1. The van der Waals surface area contributed by atoms with Gasteiger partial charge in [0, 0.05) is 18.4 Å². The van der Waals surface area contributed by atoms with Gasteiger partial charge in [0.1, 0.15) is 0 Å². The Morgan fingerprint density at radius 2 is 2.23 bits per heavy atom. The van der Waals surface area contributed by atoms with E-state index in [9.17, 15) is 10.0 Å². The van der Waals surface area contributed by atoms with Crippen LogP contribution in [0, 0.1) is 11.1 Å². The summed E-state index contributed by atoms with van der Waals surface area (Å²) in [6.07, 6.45) is 1.41. The van der Waals surface area contributed by atoms with Crippen LogP contribution >= 0.6 is 0 Å². The van der Waals surface area contributed by atoms with E-state index < -0.39 is 0 Å². The van der Waals surface area contributed by atoms with Crippen molar-refractivity contribution in [3.05, 3.63) is 17.1 Å². The maximum Gasteiger partial charge on any atom is 0.339 e. The third kappa shape index (κ3) is 2.12. The van der Waals surface area contributed by atoms with Crippen LogP contribution in [0.25, 0.3) is 0 Å². The molecular formula is C8H14N3O2-. The number of rotatable bonds is 2. The highest BCUT2D eigenvalue weighted by atomic mass is 16.6. The lowest BCUT2D eigenvalue weighted by molar-refractivity contribution is 0.0711. The van der Waals surface area contributed by atoms with Gasteiger partial charge in [-0.05, 0) is 12.8 Å². The fraction of sp³-hybridized carbons (Fsp3) is 0.625. The number of carbonyl (C=O) groups is 1. The highest BCUT2D eigenvalue weighted by Gasteiger charge is 2.19. The van der Waals surface area contributed by atoms with Gasteiger partial charge in [0.15, 0.2) is 0 Å². The molecule has 2 amide bonds. The van der Waals surface area contributed by atoms with Crippen molar-refractivity contribution >= 4 is 6.03 Å². The number of hydrogen-bond donors (Lipinski definition) is 1. The van der Waals surface area contributed by atoms with Crippen LogP contribution in [0.2, 0.25) is 0 Å². The summed E-state index contributed by atoms with van der Waals surface area (Å²) in [5, 5.41) is 15.7. The molecule has 1 N–H and O–H groups in total. The minimum atomic E-state index is -0.366. The molecule has 0 atom stereocenters. The highest BCUT2D eigenvalue weighted by molar-refractivity contribution is 5.76. The maximum atomic E-state index is 11.4. The highest BCUT2D eigenvalue weighted by Crippen LogP contribution is 2.12. The summed E-state index contributed by atoms with van der Waals surface area (Å²) in [6, 6.07) is -0.366. The predicted molar refractivity (Wildman–Crippen MR) is 49.0 cm³/mol. The summed E-state index contributed by atoms with van der Waals surface area (Å²) in [6.45, 7) is 5.99. The van der Waals surface area contributed by atoms with E-state index in [-0.39, 0.29) is 11.9 Å². The summed E-state index contributed by atoms with van der Waals surface area (Å²) in [4.78, 5) is 11.2. The summed E-state index contributed by atoms with van der Waals surface area (Å²) in [7, 11) is 0. The number of hydrazine groups is 1. The van der Waals surface area contributed by atoms with E-state index in [0.29, 0.717) is 17.4 Å². The van der Waals surface area contributed by atoms with Gasteiger partial charge in [-0.3, -0.25) is 0 Å². The van der Waals surface area contributed by atoms with Crippen LogP contribution in [0.1, 0.15) is 20.8 Å². The second kappa shape index (κ2) is 3.66. The number of amides is 2. The molecule has 0 spiro atoms. The second-order valence-electron chi connectivity index (χ2n) is 3.48. The molecule has 5 heteroatoms. The van der Waals surface area contributed by atoms with Crippen molar-refractivity contribution in [2.24, 2.45) is 5.92 Å². The van der Waals surface area contributed by atoms with Crippen LogP contribution in [0.5, 0.6) is 0 Å². The Morgan fingerprint density at radius 3 is 2.77 bits per heavy atom. The summed E-state index contributed by atoms with van der Waals surface area (Å²) in [5.74, 6) is 0.271. The molecule has 1 rings (SSSR count). The maximum absolute atomic E-state index is 11.4. The lowest BCUT2D eigenvalue weighted by Gasteiger charge is -2.44. The number of nitrogens with zero attached hydrogens (tertiary/aromatic N) is 2. The Hall–Kier alpha value is -1.23. The van der Waals surface area contributed by atoms with E-state index in [2.05, 4.69) is 5.32 Å². The third-order valence-corrected chi connectivity index (χ3v) is 1.70. The van der Waals surface area contributed by atoms with Crippen molar-refractivity contribution in [1.29, 1.82) is 0 Å². The molecule has 0 aromatic rings. The van der Waals surface area contributed by atoms with Crippen LogP contribution < -0.4 is 5.32 Å². The lowest BCUT2D eigenvalue weighted by Crippen LogP contribution is -2.51. The molecule has 0 fully saturated rings. The van der Waals surface area contributed by atoms with Crippen LogP contribution in [-0.4, -0.2) is 22.8 Å². The Bertz CT molecular complexity index is 238. The van der Waals surface area contributed by atoms with E-state index in [4.69, 9.17) is 0 Å². The van der Waals surface area contributed by atoms with Crippen molar-refractivity contribution in [1.82, 2.24) is 15.5 Å². The number of hydrogen-bond acceptors (Lipinski definition) is 3. The first-order chi connectivity index (χ1) is 6.02. The van der Waals surface area contributed by atoms with E-state index in [1.165, 1.54) is 6.20 Å². The van der Waals surface area contributed by atoms with Gasteiger partial charge in [-0.2, -0.15) is 0 Å². The van der Waals surface area contributed by atoms with E-state index in [1.54, 1.807) is 6.92 Å². The van der Waals surface area contributed by atoms with Crippen molar-refractivity contribution < 1.29 is 4.79 Å². The number of hydroxylamine groups is 1. The van der Waals surface area contributed by atoms with Gasteiger partial charge in [-0.25, -0.2) is 9.80 Å². The lowest BCUT2D eigenvalue weighted by atomic mass is 10.2. The zero-order valence-corrected chi connectivity index (χ0v) is 8.07. The van der Waals surface area contributed by atoms with Gasteiger partial charge in [0.05, 0.1) is 0 Å². The van der Waals surface area contributed by atoms with Crippen LogP contribution in [-0.2, 0) is 0 Å². The molecule has 1 heterocycles. The van der Waals surface area contributed by atoms with Crippen LogP contribution in [0.3, 0.4) is 0 Å². The SMILES string of the molecule is CC1=CNC(=O)N(CC(C)C)N1[O-]. The molecule has 74 valence electrons. The van der Waals surface area contributed by atoms with Gasteiger partial charge in [-0.1, -0.05) is 13.8 Å². The summed E-state index contributed by atoms with van der Waals surface area (Å²) in [5.41, 5.74) is 0.486. The molecule has 1 aliphatic rings. The van der Waals surface area contributed by atoms with E-state index in [0.717, 1.165) is 5.01 Å². The first kappa shape index (κ1) is 9.85. The van der Waals surface area contributed by atoms with Crippen molar-refractivity contribution in [2.45, 2.75) is 20.8 Å². The first-order valence-electron chi connectivity index (χ1n) is 4.24. The molecule has 1 aliphatic heterocycles. The molecule has 5 nitrogen and oxygen atoms in total. The smallest absolute Gasteiger partial charge is 0.339 e. The van der Waals surface area contributed by atoms with E-state index >= 15 is 0 Å². The number of allylic oxidation sites excluding steroid dienone is 1. The molecule has 0 radical (unpaired) electrons. The fourth-order valence-corrected chi connectivity index (χ4v) is 1.07. The molecule has 0 saturated carbocycles. The predicted octanol–water partition coefficient (Wildman–Crippen LogP) is 1.24. The largest absolute Gasteiger partial charge is 0.739 e. The van der Waals surface area contributed by atoms with Crippen molar-refractivity contribution in [3.8, 4) is 0 Å². The van der Waals surface area contributed by atoms with Crippen molar-refractivity contribution in [3.63, 3.8) is 0 Å². The molecule has 0 aromatic heterocycles. The molecule has 0 bridgehead atoms. The van der Waals surface area contributed by atoms with Crippen LogP contribution in [0.4, 0.5) is 4.79 Å². The van der Waals surface area contributed by atoms with E-state index in [1.807, 2.05) is 13.8 Å². The summed E-state index contributed by atoms with van der Waals surface area (Å²) < 4.78 is 0. The monoisotopic (exact) mass is 184 g/mol. The Morgan fingerprint density at radius 1 is 1.62 bits per heavy atom. The second-order valence-corrected chi connectivity index (χ2v) is 3.48. The molecule has 0 aromatic carbocycles.